The molecule has 1 saturated heterocycles. The van der Waals surface area contributed by atoms with Gasteiger partial charge in [-0.15, -0.1) is 0 Å². The van der Waals surface area contributed by atoms with Crippen LogP contribution in [0.4, 0.5) is 0 Å². The van der Waals surface area contributed by atoms with Gasteiger partial charge in [-0.05, 0) is 39.2 Å². The molecule has 7 heteroatoms. The molecule has 0 unspecified atom stereocenters. The van der Waals surface area contributed by atoms with Crippen molar-refractivity contribution in [3.63, 3.8) is 0 Å². The number of ether oxygens (including phenoxy) is 1. The lowest BCUT2D eigenvalue weighted by atomic mass is 9.78. The molecule has 120 valence electrons. The summed E-state index contributed by atoms with van der Waals surface area (Å²) in [6.07, 6.45) is 3.46. The molecule has 1 aromatic rings. The fraction of sp³-hybridized carbons (Fsp3) is 0.533. The van der Waals surface area contributed by atoms with E-state index in [0.29, 0.717) is 16.7 Å². The van der Waals surface area contributed by atoms with E-state index >= 15 is 0 Å². The highest BCUT2D eigenvalue weighted by molar-refractivity contribution is 7.80. The molecule has 0 radical (unpaired) electrons. The van der Waals surface area contributed by atoms with E-state index in [1.807, 2.05) is 33.8 Å². The highest BCUT2D eigenvalue weighted by atomic mass is 35.5. The normalized spacial score (nSPS) is 20.3. The Kier molecular flexibility index (Phi) is 5.17. The summed E-state index contributed by atoms with van der Waals surface area (Å²) in [6.45, 7) is 8.07. The van der Waals surface area contributed by atoms with Crippen LogP contribution in [0.15, 0.2) is 17.7 Å². The number of methoxy groups -OCH3 is 1. The van der Waals surface area contributed by atoms with Gasteiger partial charge in [-0.3, -0.25) is 0 Å². The number of halogens is 1. The third-order valence-corrected chi connectivity index (χ3v) is 4.69. The zero-order valence-electron chi connectivity index (χ0n) is 13.5. The summed E-state index contributed by atoms with van der Waals surface area (Å²) in [4.78, 5) is 4.16. The van der Waals surface area contributed by atoms with Gasteiger partial charge in [-0.2, -0.15) is 12.6 Å². The molecule has 1 aromatic heterocycles. The third kappa shape index (κ3) is 3.45. The first-order valence-corrected chi connectivity index (χ1v) is 8.08. The standard InChI is InChI=1S/C15H21BClNO3S/c1-14(2)15(3,4)21-16(20-14)11(9-22)6-10-7-12(17)8-18-13(10)19-5/h6-8,22H,9H2,1-5H3. The lowest BCUT2D eigenvalue weighted by Crippen LogP contribution is -2.41. The zero-order chi connectivity index (χ0) is 16.5. The van der Waals surface area contributed by atoms with Gasteiger partial charge < -0.3 is 14.0 Å². The fourth-order valence-corrected chi connectivity index (χ4v) is 2.51. The summed E-state index contributed by atoms with van der Waals surface area (Å²) in [5, 5.41) is 0.541. The van der Waals surface area contributed by atoms with Crippen molar-refractivity contribution in [3.8, 4) is 5.88 Å². The van der Waals surface area contributed by atoms with Crippen molar-refractivity contribution >= 4 is 37.4 Å². The van der Waals surface area contributed by atoms with Gasteiger partial charge in [-0.1, -0.05) is 17.7 Å². The topological polar surface area (TPSA) is 40.6 Å². The van der Waals surface area contributed by atoms with E-state index < -0.39 is 18.3 Å². The van der Waals surface area contributed by atoms with Crippen LogP contribution in [0.3, 0.4) is 0 Å². The molecule has 0 atom stereocenters. The minimum atomic E-state index is -0.453. The maximum Gasteiger partial charge on any atom is 0.491 e. The molecule has 1 aliphatic rings. The Morgan fingerprint density at radius 2 is 1.95 bits per heavy atom. The average Bonchev–Trinajstić information content (AvgIpc) is 2.64. The van der Waals surface area contributed by atoms with Crippen LogP contribution >= 0.6 is 24.2 Å². The van der Waals surface area contributed by atoms with Crippen molar-refractivity contribution in [1.82, 2.24) is 4.98 Å². The van der Waals surface area contributed by atoms with Crippen LogP contribution in [0.1, 0.15) is 33.3 Å². The lowest BCUT2D eigenvalue weighted by Gasteiger charge is -2.32. The summed E-state index contributed by atoms with van der Waals surface area (Å²) in [7, 11) is 1.12. The van der Waals surface area contributed by atoms with Crippen LogP contribution in [0, 0.1) is 0 Å². The number of pyridine rings is 1. The lowest BCUT2D eigenvalue weighted by molar-refractivity contribution is 0.00578. The fourth-order valence-electron chi connectivity index (χ4n) is 2.10. The third-order valence-electron chi connectivity index (χ3n) is 4.12. The molecule has 1 fully saturated rings. The Morgan fingerprint density at radius 3 is 2.45 bits per heavy atom. The van der Waals surface area contributed by atoms with E-state index in [2.05, 4.69) is 17.6 Å². The van der Waals surface area contributed by atoms with Gasteiger partial charge in [0, 0.05) is 17.5 Å². The molecule has 0 saturated carbocycles. The van der Waals surface area contributed by atoms with Crippen molar-refractivity contribution in [2.24, 2.45) is 0 Å². The minimum Gasteiger partial charge on any atom is -0.481 e. The van der Waals surface area contributed by atoms with Crippen molar-refractivity contribution in [2.75, 3.05) is 12.9 Å². The number of aromatic nitrogens is 1. The minimum absolute atomic E-state index is 0.392. The molecule has 0 amide bonds. The summed E-state index contributed by atoms with van der Waals surface area (Å²) >= 11 is 10.4. The van der Waals surface area contributed by atoms with Crippen LogP contribution in [0.5, 0.6) is 5.88 Å². The van der Waals surface area contributed by atoms with E-state index in [1.54, 1.807) is 19.4 Å². The first-order valence-electron chi connectivity index (χ1n) is 7.06. The Morgan fingerprint density at radius 1 is 1.36 bits per heavy atom. The highest BCUT2D eigenvalue weighted by Crippen LogP contribution is 2.39. The maximum absolute atomic E-state index is 6.06. The van der Waals surface area contributed by atoms with Crippen LogP contribution in [-0.2, 0) is 9.31 Å². The second kappa shape index (κ2) is 6.44. The molecule has 0 aliphatic carbocycles. The van der Waals surface area contributed by atoms with Crippen molar-refractivity contribution in [3.05, 3.63) is 28.3 Å². The molecule has 2 rings (SSSR count). The zero-order valence-corrected chi connectivity index (χ0v) is 15.2. The quantitative estimate of drug-likeness (QED) is 0.670. The van der Waals surface area contributed by atoms with Crippen LogP contribution in [0.25, 0.3) is 6.08 Å². The number of hydrogen-bond acceptors (Lipinski definition) is 5. The Bertz CT molecular complexity index is 576. The maximum atomic E-state index is 6.06. The predicted molar refractivity (Wildman–Crippen MR) is 93.7 cm³/mol. The first-order chi connectivity index (χ1) is 10.2. The Hall–Kier alpha value is -0.685. The first kappa shape index (κ1) is 17.7. The molecule has 22 heavy (non-hydrogen) atoms. The number of nitrogens with zero attached hydrogens (tertiary/aromatic N) is 1. The SMILES string of the molecule is COc1ncc(Cl)cc1C=C(CS)B1OC(C)(C)C(C)(C)O1. The van der Waals surface area contributed by atoms with E-state index in [1.165, 1.54) is 0 Å². The summed E-state index contributed by atoms with van der Waals surface area (Å²) in [5.41, 5.74) is 0.880. The molecule has 1 aliphatic heterocycles. The van der Waals surface area contributed by atoms with Gasteiger partial charge in [-0.25, -0.2) is 4.98 Å². The van der Waals surface area contributed by atoms with Gasteiger partial charge in [0.15, 0.2) is 0 Å². The van der Waals surface area contributed by atoms with Gasteiger partial charge in [0.2, 0.25) is 5.88 Å². The second-order valence-corrected chi connectivity index (χ2v) is 6.97. The van der Waals surface area contributed by atoms with E-state index in [9.17, 15) is 0 Å². The highest BCUT2D eigenvalue weighted by Gasteiger charge is 2.52. The van der Waals surface area contributed by atoms with Crippen molar-refractivity contribution in [2.45, 2.75) is 38.9 Å². The number of hydrogen-bond donors (Lipinski definition) is 1. The molecule has 0 aromatic carbocycles. The molecular weight excluding hydrogens is 321 g/mol. The smallest absolute Gasteiger partial charge is 0.481 e. The second-order valence-electron chi connectivity index (χ2n) is 6.22. The number of rotatable bonds is 4. The van der Waals surface area contributed by atoms with Gasteiger partial charge >= 0.3 is 7.12 Å². The van der Waals surface area contributed by atoms with Crippen LogP contribution < -0.4 is 4.74 Å². The molecule has 0 N–H and O–H groups in total. The average molecular weight is 342 g/mol. The largest absolute Gasteiger partial charge is 0.491 e. The summed E-state index contributed by atoms with van der Waals surface area (Å²) in [5.74, 6) is 0.993. The van der Waals surface area contributed by atoms with Crippen LogP contribution in [-0.4, -0.2) is 36.2 Å². The van der Waals surface area contributed by atoms with Gasteiger partial charge in [0.05, 0.1) is 23.3 Å². The van der Waals surface area contributed by atoms with Crippen LogP contribution in [0.2, 0.25) is 5.02 Å². The van der Waals surface area contributed by atoms with Crippen molar-refractivity contribution < 1.29 is 14.0 Å². The predicted octanol–water partition coefficient (Wildman–Crippen LogP) is 3.69. The van der Waals surface area contributed by atoms with Crippen molar-refractivity contribution in [1.29, 1.82) is 0 Å². The molecular formula is C15H21BClNO3S. The molecule has 0 bridgehead atoms. The van der Waals surface area contributed by atoms with E-state index in [0.717, 1.165) is 11.0 Å². The van der Waals surface area contributed by atoms with Gasteiger partial charge in [0.25, 0.3) is 0 Å². The molecule has 0 spiro atoms. The van der Waals surface area contributed by atoms with E-state index in [-0.39, 0.29) is 0 Å². The van der Waals surface area contributed by atoms with Gasteiger partial charge in [0.1, 0.15) is 0 Å². The summed E-state index contributed by atoms with van der Waals surface area (Å²) in [6, 6.07) is 1.79. The summed E-state index contributed by atoms with van der Waals surface area (Å²) < 4.78 is 17.4. The monoisotopic (exact) mass is 341 g/mol. The molecule has 4 nitrogen and oxygen atoms in total. The number of thiol groups is 1. The molecule has 2 heterocycles. The Balaban J connectivity index is 2.35. The Labute approximate surface area is 142 Å². The van der Waals surface area contributed by atoms with E-state index in [4.69, 9.17) is 25.6 Å².